The maximum Gasteiger partial charge on any atom is 0.0294 e. The number of hydrogen-bond acceptors (Lipinski definition) is 2. The molecule has 0 spiro atoms. The zero-order valence-corrected chi connectivity index (χ0v) is 11.7. The summed E-state index contributed by atoms with van der Waals surface area (Å²) >= 11 is 1.78. The van der Waals surface area contributed by atoms with Gasteiger partial charge in [-0.15, -0.1) is 11.8 Å². The van der Waals surface area contributed by atoms with Crippen LogP contribution in [0.2, 0.25) is 0 Å². The summed E-state index contributed by atoms with van der Waals surface area (Å²) in [6.45, 7) is 3.11. The minimum absolute atomic E-state index is 0.381. The van der Waals surface area contributed by atoms with E-state index in [1.54, 1.807) is 11.8 Å². The lowest BCUT2D eigenvalue weighted by Crippen LogP contribution is -2.17. The molecule has 0 saturated heterocycles. The molecule has 0 amide bonds. The maximum atomic E-state index is 3.55. The molecule has 0 radical (unpaired) electrons. The van der Waals surface area contributed by atoms with Gasteiger partial charge in [0.05, 0.1) is 0 Å². The van der Waals surface area contributed by atoms with Crippen molar-refractivity contribution in [1.29, 1.82) is 0 Å². The van der Waals surface area contributed by atoms with E-state index in [1.165, 1.54) is 16.0 Å². The quantitative estimate of drug-likeness (QED) is 0.803. The number of hydrogen-bond donors (Lipinski definition) is 1. The maximum absolute atomic E-state index is 3.55. The van der Waals surface area contributed by atoms with Crippen LogP contribution in [0, 0.1) is 0 Å². The fourth-order valence-electron chi connectivity index (χ4n) is 1.87. The molecule has 0 heterocycles. The average Bonchev–Trinajstić information content (AvgIpc) is 2.46. The first kappa shape index (κ1) is 13.2. The van der Waals surface area contributed by atoms with E-state index in [2.05, 4.69) is 73.1 Å². The van der Waals surface area contributed by atoms with Gasteiger partial charge in [-0.3, -0.25) is 0 Å². The summed E-state index contributed by atoms with van der Waals surface area (Å²) in [5.74, 6) is 0. The molecule has 94 valence electrons. The lowest BCUT2D eigenvalue weighted by Gasteiger charge is -2.14. The molecule has 0 aliphatic rings. The smallest absolute Gasteiger partial charge is 0.0294 e. The van der Waals surface area contributed by atoms with E-state index in [0.29, 0.717) is 6.04 Å². The van der Waals surface area contributed by atoms with Crippen molar-refractivity contribution < 1.29 is 0 Å². The molecule has 1 unspecified atom stereocenters. The summed E-state index contributed by atoms with van der Waals surface area (Å²) in [5, 5.41) is 3.55. The van der Waals surface area contributed by atoms with Crippen LogP contribution in [-0.4, -0.2) is 6.26 Å². The molecule has 0 saturated carbocycles. The summed E-state index contributed by atoms with van der Waals surface area (Å²) in [7, 11) is 0. The topological polar surface area (TPSA) is 12.0 Å². The van der Waals surface area contributed by atoms with Gasteiger partial charge in [-0.05, 0) is 36.4 Å². The van der Waals surface area contributed by atoms with Gasteiger partial charge in [0, 0.05) is 17.5 Å². The van der Waals surface area contributed by atoms with Crippen LogP contribution >= 0.6 is 11.8 Å². The minimum atomic E-state index is 0.381. The summed E-state index contributed by atoms with van der Waals surface area (Å²) < 4.78 is 0. The molecule has 2 heteroatoms. The summed E-state index contributed by atoms with van der Waals surface area (Å²) in [4.78, 5) is 1.31. The Morgan fingerprint density at radius 2 is 1.67 bits per heavy atom. The zero-order valence-electron chi connectivity index (χ0n) is 10.9. The van der Waals surface area contributed by atoms with Crippen LogP contribution in [0.5, 0.6) is 0 Å². The highest BCUT2D eigenvalue weighted by Gasteiger charge is 2.03. The molecule has 1 nitrogen and oxygen atoms in total. The molecule has 18 heavy (non-hydrogen) atoms. The number of benzene rings is 2. The largest absolute Gasteiger partial charge is 0.306 e. The van der Waals surface area contributed by atoms with E-state index in [9.17, 15) is 0 Å². The first-order valence-electron chi connectivity index (χ1n) is 6.21. The van der Waals surface area contributed by atoms with Gasteiger partial charge >= 0.3 is 0 Å². The van der Waals surface area contributed by atoms with Crippen LogP contribution in [0.25, 0.3) is 0 Å². The second-order valence-corrected chi connectivity index (χ2v) is 5.24. The van der Waals surface area contributed by atoms with E-state index < -0.39 is 0 Å². The second kappa shape index (κ2) is 6.62. The number of nitrogens with one attached hydrogen (secondary N) is 1. The molecule has 0 fully saturated rings. The predicted octanol–water partition coefficient (Wildman–Crippen LogP) is 4.26. The van der Waals surface area contributed by atoms with E-state index in [-0.39, 0.29) is 0 Å². The Labute approximate surface area is 114 Å². The van der Waals surface area contributed by atoms with Crippen molar-refractivity contribution in [2.45, 2.75) is 24.4 Å². The Morgan fingerprint density at radius 3 is 2.28 bits per heavy atom. The van der Waals surface area contributed by atoms with Crippen molar-refractivity contribution >= 4 is 11.8 Å². The third-order valence-corrected chi connectivity index (χ3v) is 3.81. The molecule has 1 atom stereocenters. The highest BCUT2D eigenvalue weighted by molar-refractivity contribution is 7.98. The van der Waals surface area contributed by atoms with Crippen molar-refractivity contribution in [3.63, 3.8) is 0 Å². The molecule has 2 aromatic carbocycles. The fourth-order valence-corrected chi connectivity index (χ4v) is 2.28. The van der Waals surface area contributed by atoms with Crippen LogP contribution in [0.1, 0.15) is 24.1 Å². The Morgan fingerprint density at radius 1 is 1.00 bits per heavy atom. The van der Waals surface area contributed by atoms with Gasteiger partial charge in [-0.25, -0.2) is 0 Å². The molecule has 0 bridgehead atoms. The van der Waals surface area contributed by atoms with E-state index >= 15 is 0 Å². The molecule has 0 aromatic heterocycles. The molecule has 1 N–H and O–H groups in total. The number of rotatable bonds is 5. The van der Waals surface area contributed by atoms with Crippen LogP contribution in [0.15, 0.2) is 59.5 Å². The van der Waals surface area contributed by atoms with E-state index in [4.69, 9.17) is 0 Å². The number of thioether (sulfide) groups is 1. The molecule has 2 aromatic rings. The molecular formula is C16H19NS. The Kier molecular flexibility index (Phi) is 4.85. The standard InChI is InChI=1S/C16H19NS/c1-13(15-6-4-3-5-7-15)17-12-14-8-10-16(18-2)11-9-14/h3-11,13,17H,12H2,1-2H3. The van der Waals surface area contributed by atoms with Crippen molar-refractivity contribution in [3.8, 4) is 0 Å². The van der Waals surface area contributed by atoms with Crippen molar-refractivity contribution in [2.24, 2.45) is 0 Å². The third kappa shape index (κ3) is 3.62. The van der Waals surface area contributed by atoms with Gasteiger partial charge in [0.15, 0.2) is 0 Å². The monoisotopic (exact) mass is 257 g/mol. The van der Waals surface area contributed by atoms with Gasteiger partial charge in [0.1, 0.15) is 0 Å². The van der Waals surface area contributed by atoms with Gasteiger partial charge < -0.3 is 5.32 Å². The fraction of sp³-hybridized carbons (Fsp3) is 0.250. The van der Waals surface area contributed by atoms with Crippen molar-refractivity contribution in [3.05, 3.63) is 65.7 Å². The first-order chi connectivity index (χ1) is 8.79. The molecule has 2 rings (SSSR count). The minimum Gasteiger partial charge on any atom is -0.306 e. The second-order valence-electron chi connectivity index (χ2n) is 4.36. The Bertz CT molecular complexity index is 464. The van der Waals surface area contributed by atoms with Crippen molar-refractivity contribution in [1.82, 2.24) is 5.32 Å². The van der Waals surface area contributed by atoms with E-state index in [1.807, 2.05) is 0 Å². The highest BCUT2D eigenvalue weighted by Crippen LogP contribution is 2.16. The molecular weight excluding hydrogens is 238 g/mol. The van der Waals surface area contributed by atoms with Crippen LogP contribution < -0.4 is 5.32 Å². The summed E-state index contributed by atoms with van der Waals surface area (Å²) in [6, 6.07) is 19.7. The van der Waals surface area contributed by atoms with Crippen molar-refractivity contribution in [2.75, 3.05) is 6.26 Å². The SMILES string of the molecule is CSc1ccc(CNC(C)c2ccccc2)cc1. The first-order valence-corrected chi connectivity index (χ1v) is 7.43. The van der Waals surface area contributed by atoms with Gasteiger partial charge in [0.2, 0.25) is 0 Å². The molecule has 0 aliphatic carbocycles. The van der Waals surface area contributed by atoms with Gasteiger partial charge in [-0.2, -0.15) is 0 Å². The van der Waals surface area contributed by atoms with Crippen LogP contribution in [0.4, 0.5) is 0 Å². The van der Waals surface area contributed by atoms with Crippen LogP contribution in [-0.2, 0) is 6.54 Å². The molecule has 0 aliphatic heterocycles. The predicted molar refractivity (Wildman–Crippen MR) is 79.9 cm³/mol. The third-order valence-electron chi connectivity index (χ3n) is 3.07. The lowest BCUT2D eigenvalue weighted by molar-refractivity contribution is 0.574. The Hall–Kier alpha value is -1.25. The van der Waals surface area contributed by atoms with Gasteiger partial charge in [0.25, 0.3) is 0 Å². The average molecular weight is 257 g/mol. The zero-order chi connectivity index (χ0) is 12.8. The van der Waals surface area contributed by atoms with E-state index in [0.717, 1.165) is 6.54 Å². The Balaban J connectivity index is 1.91. The lowest BCUT2D eigenvalue weighted by atomic mass is 10.1. The summed E-state index contributed by atoms with van der Waals surface area (Å²) in [5.41, 5.74) is 2.66. The summed E-state index contributed by atoms with van der Waals surface area (Å²) in [6.07, 6.45) is 2.10. The van der Waals surface area contributed by atoms with Crippen LogP contribution in [0.3, 0.4) is 0 Å². The van der Waals surface area contributed by atoms with Gasteiger partial charge in [-0.1, -0.05) is 42.5 Å². The normalized spacial score (nSPS) is 12.3. The highest BCUT2D eigenvalue weighted by atomic mass is 32.2.